The summed E-state index contributed by atoms with van der Waals surface area (Å²) in [5.74, 6) is 5.88. The highest BCUT2D eigenvalue weighted by Gasteiger charge is 2.28. The molecule has 0 spiro atoms. The number of pyridine rings is 1. The first kappa shape index (κ1) is 13.8. The number of rotatable bonds is 3. The molecule has 1 aliphatic rings. The highest BCUT2D eigenvalue weighted by Crippen LogP contribution is 2.28. The molecule has 3 N–H and O–H groups in total. The number of hydrogen-bond acceptors (Lipinski definition) is 4. The van der Waals surface area contributed by atoms with E-state index in [1.165, 1.54) is 19.3 Å². The molecule has 1 amide bonds. The van der Waals surface area contributed by atoms with Gasteiger partial charge in [-0.15, -0.1) is 0 Å². The average Bonchev–Trinajstić information content (AvgIpc) is 2.46. The summed E-state index contributed by atoms with van der Waals surface area (Å²) in [4.78, 5) is 18.4. The molecule has 2 atom stereocenters. The molecule has 104 valence electrons. The molecule has 0 aliphatic heterocycles. The first-order valence-corrected chi connectivity index (χ1v) is 6.83. The van der Waals surface area contributed by atoms with Crippen molar-refractivity contribution in [3.63, 3.8) is 0 Å². The molecule has 1 aromatic heterocycles. The van der Waals surface area contributed by atoms with E-state index in [4.69, 9.17) is 5.84 Å². The molecule has 1 aliphatic carbocycles. The van der Waals surface area contributed by atoms with E-state index in [-0.39, 0.29) is 5.91 Å². The maximum Gasteiger partial charge on any atom is 0.272 e. The van der Waals surface area contributed by atoms with E-state index >= 15 is 0 Å². The summed E-state index contributed by atoms with van der Waals surface area (Å²) in [6.07, 6.45) is 6.34. The number of nitrogens with one attached hydrogen (secondary N) is 1. The van der Waals surface area contributed by atoms with Gasteiger partial charge < -0.3 is 10.3 Å². The Hall–Kier alpha value is -1.62. The summed E-state index contributed by atoms with van der Waals surface area (Å²) >= 11 is 0. The summed E-state index contributed by atoms with van der Waals surface area (Å²) < 4.78 is 0. The van der Waals surface area contributed by atoms with Crippen LogP contribution < -0.4 is 11.3 Å². The Bertz CT molecular complexity index is 449. The van der Waals surface area contributed by atoms with E-state index in [0.29, 0.717) is 23.3 Å². The molecule has 5 nitrogen and oxygen atoms in total. The third kappa shape index (κ3) is 3.04. The fourth-order valence-corrected chi connectivity index (χ4v) is 2.84. The first-order chi connectivity index (χ1) is 9.13. The number of anilines is 1. The van der Waals surface area contributed by atoms with E-state index < -0.39 is 0 Å². The Kier molecular flexibility index (Phi) is 4.37. The van der Waals surface area contributed by atoms with Crippen LogP contribution >= 0.6 is 0 Å². The zero-order valence-electron chi connectivity index (χ0n) is 11.6. The fraction of sp³-hybridized carbons (Fsp3) is 0.571. The van der Waals surface area contributed by atoms with Crippen LogP contribution in [-0.4, -0.2) is 28.9 Å². The van der Waals surface area contributed by atoms with E-state index in [1.807, 2.05) is 11.9 Å². The van der Waals surface area contributed by atoms with E-state index in [9.17, 15) is 4.79 Å². The van der Waals surface area contributed by atoms with Gasteiger partial charge in [0.2, 0.25) is 0 Å². The van der Waals surface area contributed by atoms with Gasteiger partial charge in [-0.3, -0.25) is 15.6 Å². The summed E-state index contributed by atoms with van der Waals surface area (Å²) in [7, 11) is 1.87. The van der Waals surface area contributed by atoms with Crippen LogP contribution in [0.25, 0.3) is 0 Å². The SMILES string of the molecule is CC1CCCCC1N(C)C(=O)c1cc(NN)ccn1. The van der Waals surface area contributed by atoms with E-state index in [0.717, 1.165) is 6.42 Å². The number of nitrogen functional groups attached to an aromatic ring is 1. The summed E-state index contributed by atoms with van der Waals surface area (Å²) in [6, 6.07) is 3.74. The van der Waals surface area contributed by atoms with Crippen LogP contribution in [0.4, 0.5) is 5.69 Å². The maximum atomic E-state index is 12.5. The van der Waals surface area contributed by atoms with Gasteiger partial charge >= 0.3 is 0 Å². The van der Waals surface area contributed by atoms with Crippen LogP contribution in [0.5, 0.6) is 0 Å². The molecule has 1 aromatic rings. The number of nitrogens with zero attached hydrogens (tertiary/aromatic N) is 2. The molecular weight excluding hydrogens is 240 g/mol. The summed E-state index contributed by atoms with van der Waals surface area (Å²) in [5.41, 5.74) is 3.68. The van der Waals surface area contributed by atoms with Crippen molar-refractivity contribution in [3.05, 3.63) is 24.0 Å². The Morgan fingerprint density at radius 2 is 2.21 bits per heavy atom. The number of hydrazine groups is 1. The van der Waals surface area contributed by atoms with Crippen LogP contribution in [0.3, 0.4) is 0 Å². The van der Waals surface area contributed by atoms with Crippen molar-refractivity contribution in [2.75, 3.05) is 12.5 Å². The topological polar surface area (TPSA) is 71.2 Å². The van der Waals surface area contributed by atoms with Crippen LogP contribution in [0.2, 0.25) is 0 Å². The van der Waals surface area contributed by atoms with Crippen molar-refractivity contribution in [2.45, 2.75) is 38.6 Å². The average molecular weight is 262 g/mol. The van der Waals surface area contributed by atoms with E-state index in [2.05, 4.69) is 17.3 Å². The number of aromatic nitrogens is 1. The Labute approximate surface area is 114 Å². The Morgan fingerprint density at radius 1 is 1.47 bits per heavy atom. The lowest BCUT2D eigenvalue weighted by Gasteiger charge is -2.36. The minimum absolute atomic E-state index is 0.0316. The largest absolute Gasteiger partial charge is 0.337 e. The molecule has 19 heavy (non-hydrogen) atoms. The first-order valence-electron chi connectivity index (χ1n) is 6.83. The monoisotopic (exact) mass is 262 g/mol. The van der Waals surface area contributed by atoms with Gasteiger partial charge in [0, 0.05) is 19.3 Å². The summed E-state index contributed by atoms with van der Waals surface area (Å²) in [5, 5.41) is 0. The third-order valence-corrected chi connectivity index (χ3v) is 4.03. The lowest BCUT2D eigenvalue weighted by atomic mass is 9.85. The zero-order valence-corrected chi connectivity index (χ0v) is 11.6. The zero-order chi connectivity index (χ0) is 13.8. The molecule has 0 saturated heterocycles. The van der Waals surface area contributed by atoms with Crippen molar-refractivity contribution >= 4 is 11.6 Å². The molecule has 5 heteroatoms. The van der Waals surface area contributed by atoms with Crippen molar-refractivity contribution in [2.24, 2.45) is 11.8 Å². The maximum absolute atomic E-state index is 12.5. The Balaban J connectivity index is 2.13. The van der Waals surface area contributed by atoms with Gasteiger partial charge in [-0.25, -0.2) is 0 Å². The predicted molar refractivity (Wildman–Crippen MR) is 75.6 cm³/mol. The number of carbonyl (C=O) groups is 1. The van der Waals surface area contributed by atoms with Crippen molar-refractivity contribution < 1.29 is 4.79 Å². The van der Waals surface area contributed by atoms with Crippen molar-refractivity contribution in [1.29, 1.82) is 0 Å². The van der Waals surface area contributed by atoms with E-state index in [1.54, 1.807) is 18.3 Å². The minimum atomic E-state index is -0.0316. The van der Waals surface area contributed by atoms with Gasteiger partial charge in [0.05, 0.1) is 5.69 Å². The molecule has 2 unspecified atom stereocenters. The van der Waals surface area contributed by atoms with Gasteiger partial charge in [-0.2, -0.15) is 0 Å². The number of nitrogens with two attached hydrogens (primary N) is 1. The lowest BCUT2D eigenvalue weighted by Crippen LogP contribution is -2.42. The molecule has 0 aromatic carbocycles. The van der Waals surface area contributed by atoms with Gasteiger partial charge in [0.15, 0.2) is 0 Å². The number of amides is 1. The second-order valence-electron chi connectivity index (χ2n) is 5.32. The Morgan fingerprint density at radius 3 is 2.89 bits per heavy atom. The smallest absolute Gasteiger partial charge is 0.272 e. The molecule has 1 saturated carbocycles. The normalized spacial score (nSPS) is 22.9. The quantitative estimate of drug-likeness (QED) is 0.646. The van der Waals surface area contributed by atoms with Crippen LogP contribution in [-0.2, 0) is 0 Å². The molecule has 2 rings (SSSR count). The van der Waals surface area contributed by atoms with Crippen molar-refractivity contribution in [3.8, 4) is 0 Å². The third-order valence-electron chi connectivity index (χ3n) is 4.03. The van der Waals surface area contributed by atoms with Gasteiger partial charge in [0.1, 0.15) is 5.69 Å². The molecular formula is C14H22N4O. The number of hydrogen-bond donors (Lipinski definition) is 2. The predicted octanol–water partition coefficient (Wildman–Crippen LogP) is 2.02. The van der Waals surface area contributed by atoms with Gasteiger partial charge in [-0.1, -0.05) is 19.8 Å². The molecule has 1 heterocycles. The second-order valence-corrected chi connectivity index (χ2v) is 5.32. The molecule has 1 fully saturated rings. The number of carbonyl (C=O) groups excluding carboxylic acids is 1. The highest BCUT2D eigenvalue weighted by molar-refractivity contribution is 5.93. The molecule has 0 bridgehead atoms. The van der Waals surface area contributed by atoms with Crippen LogP contribution in [0.1, 0.15) is 43.1 Å². The van der Waals surface area contributed by atoms with Crippen LogP contribution in [0, 0.1) is 5.92 Å². The standard InChI is InChI=1S/C14H22N4O/c1-10-5-3-4-6-13(10)18(2)14(19)12-9-11(17-15)7-8-16-12/h7-10,13H,3-6,15H2,1-2H3,(H,16,17). The minimum Gasteiger partial charge on any atom is -0.337 e. The van der Waals surface area contributed by atoms with Crippen LogP contribution in [0.15, 0.2) is 18.3 Å². The molecule has 0 radical (unpaired) electrons. The fourth-order valence-electron chi connectivity index (χ4n) is 2.84. The second kappa shape index (κ2) is 6.02. The van der Waals surface area contributed by atoms with Gasteiger partial charge in [0.25, 0.3) is 5.91 Å². The van der Waals surface area contributed by atoms with Crippen molar-refractivity contribution in [1.82, 2.24) is 9.88 Å². The van der Waals surface area contributed by atoms with Gasteiger partial charge in [-0.05, 0) is 30.9 Å². The summed E-state index contributed by atoms with van der Waals surface area (Å²) in [6.45, 7) is 2.22. The highest BCUT2D eigenvalue weighted by atomic mass is 16.2. The lowest BCUT2D eigenvalue weighted by molar-refractivity contribution is 0.0623.